The minimum absolute atomic E-state index is 0.0856. The molecule has 0 bridgehead atoms. The number of hydrogen-bond donors (Lipinski definition) is 0. The summed E-state index contributed by atoms with van der Waals surface area (Å²) in [4.78, 5) is 19.1. The number of anilines is 2. The molecule has 0 atom stereocenters. The minimum atomic E-state index is 0.0856. The third kappa shape index (κ3) is 4.24. The van der Waals surface area contributed by atoms with Gasteiger partial charge in [0.05, 0.1) is 0 Å². The Labute approximate surface area is 168 Å². The molecule has 2 saturated heterocycles. The number of nitrogens with zero attached hydrogens (tertiary/aromatic N) is 5. The van der Waals surface area contributed by atoms with Crippen LogP contribution in [0, 0.1) is 0 Å². The number of piperazine rings is 1. The van der Waals surface area contributed by atoms with Crippen LogP contribution in [0.2, 0.25) is 0 Å². The molecule has 2 aliphatic rings. The summed E-state index contributed by atoms with van der Waals surface area (Å²) in [6.45, 7) is 5.09. The van der Waals surface area contributed by atoms with Gasteiger partial charge >= 0.3 is 0 Å². The molecule has 1 amide bonds. The van der Waals surface area contributed by atoms with E-state index in [1.807, 2.05) is 29.2 Å². The van der Waals surface area contributed by atoms with Crippen molar-refractivity contribution < 1.29 is 4.79 Å². The number of amides is 1. The van der Waals surface area contributed by atoms with Crippen LogP contribution in [0.4, 0.5) is 11.6 Å². The molecule has 27 heavy (non-hydrogen) atoms. The van der Waals surface area contributed by atoms with E-state index in [1.54, 1.807) is 0 Å². The van der Waals surface area contributed by atoms with E-state index in [9.17, 15) is 4.79 Å². The van der Waals surface area contributed by atoms with Crippen LogP contribution in [0.5, 0.6) is 0 Å². The third-order valence-corrected chi connectivity index (χ3v) is 5.77. The number of benzene rings is 1. The number of piperidine rings is 1. The smallest absolute Gasteiger partial charge is 0.254 e. The highest BCUT2D eigenvalue weighted by Crippen LogP contribution is 2.20. The summed E-state index contributed by atoms with van der Waals surface area (Å²) >= 11 is 3.43. The molecule has 2 aromatic rings. The van der Waals surface area contributed by atoms with Crippen LogP contribution in [0.25, 0.3) is 0 Å². The van der Waals surface area contributed by atoms with Crippen molar-refractivity contribution >= 4 is 33.5 Å². The highest BCUT2D eigenvalue weighted by molar-refractivity contribution is 9.10. The lowest BCUT2D eigenvalue weighted by Gasteiger charge is -2.35. The fourth-order valence-electron chi connectivity index (χ4n) is 3.72. The first-order valence-electron chi connectivity index (χ1n) is 9.59. The molecule has 0 spiro atoms. The summed E-state index contributed by atoms with van der Waals surface area (Å²) in [7, 11) is 0. The summed E-state index contributed by atoms with van der Waals surface area (Å²) in [6, 6.07) is 11.7. The standard InChI is InChI=1S/C20H24BrN5O/c21-17-6-4-5-16(15-17)20(27)26-13-11-25(12-14-26)19-8-7-18(22-23-19)24-9-2-1-3-10-24/h4-8,15H,1-3,9-14H2. The molecular weight excluding hydrogens is 406 g/mol. The Hall–Kier alpha value is -2.15. The maximum atomic E-state index is 12.7. The van der Waals surface area contributed by atoms with Crippen molar-refractivity contribution in [1.29, 1.82) is 0 Å². The number of hydrogen-bond acceptors (Lipinski definition) is 5. The molecule has 142 valence electrons. The van der Waals surface area contributed by atoms with Crippen LogP contribution in [-0.2, 0) is 0 Å². The Morgan fingerprint density at radius 3 is 2.04 bits per heavy atom. The summed E-state index contributed by atoms with van der Waals surface area (Å²) in [5.74, 6) is 1.95. The van der Waals surface area contributed by atoms with E-state index in [1.165, 1.54) is 19.3 Å². The molecule has 7 heteroatoms. The van der Waals surface area contributed by atoms with Crippen molar-refractivity contribution in [3.05, 3.63) is 46.4 Å². The van der Waals surface area contributed by atoms with Gasteiger partial charge in [0.1, 0.15) is 0 Å². The number of halogens is 1. The van der Waals surface area contributed by atoms with E-state index < -0.39 is 0 Å². The molecule has 0 saturated carbocycles. The molecule has 3 heterocycles. The molecule has 6 nitrogen and oxygen atoms in total. The largest absolute Gasteiger partial charge is 0.355 e. The predicted molar refractivity (Wildman–Crippen MR) is 110 cm³/mol. The third-order valence-electron chi connectivity index (χ3n) is 5.28. The van der Waals surface area contributed by atoms with E-state index in [4.69, 9.17) is 0 Å². The van der Waals surface area contributed by atoms with Gasteiger partial charge in [0, 0.05) is 49.3 Å². The quantitative estimate of drug-likeness (QED) is 0.749. The summed E-state index contributed by atoms with van der Waals surface area (Å²) < 4.78 is 0.927. The van der Waals surface area contributed by atoms with Gasteiger partial charge in [-0.1, -0.05) is 22.0 Å². The number of carbonyl (C=O) groups excluding carboxylic acids is 1. The topological polar surface area (TPSA) is 52.6 Å². The average Bonchev–Trinajstić information content (AvgIpc) is 2.74. The van der Waals surface area contributed by atoms with Crippen LogP contribution < -0.4 is 9.80 Å². The Kier molecular flexibility index (Phi) is 5.57. The van der Waals surface area contributed by atoms with Crippen molar-refractivity contribution in [3.8, 4) is 0 Å². The van der Waals surface area contributed by atoms with Crippen LogP contribution in [0.3, 0.4) is 0 Å². The Morgan fingerprint density at radius 2 is 1.44 bits per heavy atom. The average molecular weight is 430 g/mol. The first kappa shape index (κ1) is 18.2. The highest BCUT2D eigenvalue weighted by atomic mass is 79.9. The lowest BCUT2D eigenvalue weighted by atomic mass is 10.1. The van der Waals surface area contributed by atoms with E-state index in [0.29, 0.717) is 13.1 Å². The van der Waals surface area contributed by atoms with Crippen molar-refractivity contribution in [2.24, 2.45) is 0 Å². The molecule has 0 unspecified atom stereocenters. The Bertz CT molecular complexity index is 783. The van der Waals surface area contributed by atoms with Gasteiger partial charge in [-0.05, 0) is 49.6 Å². The van der Waals surface area contributed by atoms with Gasteiger partial charge in [0.25, 0.3) is 5.91 Å². The van der Waals surface area contributed by atoms with Gasteiger partial charge in [-0.3, -0.25) is 4.79 Å². The van der Waals surface area contributed by atoms with Crippen LogP contribution >= 0.6 is 15.9 Å². The molecule has 0 radical (unpaired) electrons. The Morgan fingerprint density at radius 1 is 0.815 bits per heavy atom. The van der Waals surface area contributed by atoms with Gasteiger partial charge < -0.3 is 14.7 Å². The zero-order valence-electron chi connectivity index (χ0n) is 15.4. The van der Waals surface area contributed by atoms with Crippen molar-refractivity contribution in [2.75, 3.05) is 49.1 Å². The van der Waals surface area contributed by atoms with Gasteiger partial charge in [-0.15, -0.1) is 10.2 Å². The monoisotopic (exact) mass is 429 g/mol. The lowest BCUT2D eigenvalue weighted by molar-refractivity contribution is 0.0746. The fraction of sp³-hybridized carbons (Fsp3) is 0.450. The maximum Gasteiger partial charge on any atom is 0.254 e. The molecule has 1 aromatic heterocycles. The number of rotatable bonds is 3. The number of aromatic nitrogens is 2. The van der Waals surface area contributed by atoms with Gasteiger partial charge in [-0.25, -0.2) is 0 Å². The van der Waals surface area contributed by atoms with Crippen LogP contribution in [-0.4, -0.2) is 60.3 Å². The van der Waals surface area contributed by atoms with E-state index in [0.717, 1.165) is 47.9 Å². The van der Waals surface area contributed by atoms with Crippen LogP contribution in [0.15, 0.2) is 40.9 Å². The highest BCUT2D eigenvalue weighted by Gasteiger charge is 2.23. The zero-order valence-corrected chi connectivity index (χ0v) is 16.9. The maximum absolute atomic E-state index is 12.7. The second kappa shape index (κ2) is 8.25. The van der Waals surface area contributed by atoms with Crippen molar-refractivity contribution in [2.45, 2.75) is 19.3 Å². The zero-order chi connectivity index (χ0) is 18.6. The van der Waals surface area contributed by atoms with Crippen molar-refractivity contribution in [1.82, 2.24) is 15.1 Å². The van der Waals surface area contributed by atoms with Gasteiger partial charge in [0.2, 0.25) is 0 Å². The minimum Gasteiger partial charge on any atom is -0.355 e. The second-order valence-corrected chi connectivity index (χ2v) is 8.00. The van der Waals surface area contributed by atoms with E-state index in [-0.39, 0.29) is 5.91 Å². The van der Waals surface area contributed by atoms with Crippen molar-refractivity contribution in [3.63, 3.8) is 0 Å². The molecule has 0 N–H and O–H groups in total. The molecule has 2 aliphatic heterocycles. The van der Waals surface area contributed by atoms with Gasteiger partial charge in [-0.2, -0.15) is 0 Å². The molecule has 4 rings (SSSR count). The molecule has 2 fully saturated rings. The predicted octanol–water partition coefficient (Wildman–Crippen LogP) is 3.19. The van der Waals surface area contributed by atoms with Gasteiger partial charge in [0.15, 0.2) is 11.6 Å². The lowest BCUT2D eigenvalue weighted by Crippen LogP contribution is -2.49. The summed E-state index contributed by atoms with van der Waals surface area (Å²) in [5, 5.41) is 8.88. The molecule has 0 aliphatic carbocycles. The second-order valence-electron chi connectivity index (χ2n) is 7.09. The first-order valence-corrected chi connectivity index (χ1v) is 10.4. The van der Waals surface area contributed by atoms with Crippen LogP contribution in [0.1, 0.15) is 29.6 Å². The normalized spacial score (nSPS) is 17.9. The summed E-state index contributed by atoms with van der Waals surface area (Å²) in [5.41, 5.74) is 0.725. The number of carbonyl (C=O) groups is 1. The van der Waals surface area contributed by atoms with E-state index in [2.05, 4.69) is 48.1 Å². The first-order chi connectivity index (χ1) is 13.2. The fourth-order valence-corrected chi connectivity index (χ4v) is 4.12. The SMILES string of the molecule is O=C(c1cccc(Br)c1)N1CCN(c2ccc(N3CCCCC3)nn2)CC1. The molecule has 1 aromatic carbocycles. The van der Waals surface area contributed by atoms with E-state index >= 15 is 0 Å². The Balaban J connectivity index is 1.35. The summed E-state index contributed by atoms with van der Waals surface area (Å²) in [6.07, 6.45) is 3.78. The molecular formula is C20H24BrN5O.